The second-order valence-electron chi connectivity index (χ2n) is 8.30. The maximum Gasteiger partial charge on any atom is 0.265 e. The van der Waals surface area contributed by atoms with Gasteiger partial charge < -0.3 is 9.63 Å². The van der Waals surface area contributed by atoms with E-state index in [-0.39, 0.29) is 11.9 Å². The minimum Gasteiger partial charge on any atom is -0.507 e. The Balaban J connectivity index is 2.08. The van der Waals surface area contributed by atoms with E-state index in [2.05, 4.69) is 20.8 Å². The van der Waals surface area contributed by atoms with Gasteiger partial charge in [-0.05, 0) is 61.3 Å². The van der Waals surface area contributed by atoms with Crippen molar-refractivity contribution in [1.29, 1.82) is 0 Å². The van der Waals surface area contributed by atoms with Crippen molar-refractivity contribution in [2.75, 3.05) is 0 Å². The van der Waals surface area contributed by atoms with Crippen LogP contribution in [0, 0.1) is 24.7 Å². The molecule has 1 saturated carbocycles. The van der Waals surface area contributed by atoms with E-state index in [1.165, 1.54) is 6.42 Å². The summed E-state index contributed by atoms with van der Waals surface area (Å²) in [6.07, 6.45) is 3.12. The third-order valence-electron chi connectivity index (χ3n) is 5.87. The molecule has 4 atom stereocenters. The topological polar surface area (TPSA) is 46.5 Å². The van der Waals surface area contributed by atoms with E-state index in [1.807, 2.05) is 49.4 Å². The van der Waals surface area contributed by atoms with Crippen molar-refractivity contribution < 1.29 is 14.2 Å². The van der Waals surface area contributed by atoms with Gasteiger partial charge in [0.05, 0.1) is 11.4 Å². The van der Waals surface area contributed by atoms with Crippen LogP contribution in [-0.2, 0) is 9.09 Å². The van der Waals surface area contributed by atoms with Crippen LogP contribution in [0.2, 0.25) is 0 Å². The Hall–Kier alpha value is -1.57. The number of hydrogen-bond acceptors (Lipinski definition) is 3. The third kappa shape index (κ3) is 4.15. The van der Waals surface area contributed by atoms with Gasteiger partial charge in [0.2, 0.25) is 0 Å². The number of phenols is 1. The molecule has 1 aliphatic rings. The number of benzene rings is 2. The fourth-order valence-corrected chi connectivity index (χ4v) is 6.63. The molecule has 0 radical (unpaired) electrons. The fraction of sp³-hybridized carbons (Fsp3) is 0.478. The van der Waals surface area contributed by atoms with E-state index in [1.54, 1.807) is 6.07 Å². The predicted octanol–water partition coefficient (Wildman–Crippen LogP) is 5.41. The summed E-state index contributed by atoms with van der Waals surface area (Å²) in [4.78, 5) is 0. The molecule has 4 heteroatoms. The van der Waals surface area contributed by atoms with Crippen molar-refractivity contribution >= 4 is 18.0 Å². The smallest absolute Gasteiger partial charge is 0.265 e. The average Bonchev–Trinajstić information content (AvgIpc) is 2.64. The van der Waals surface area contributed by atoms with Crippen LogP contribution < -0.4 is 10.6 Å². The molecule has 1 fully saturated rings. The van der Waals surface area contributed by atoms with E-state index in [0.717, 1.165) is 12.8 Å². The van der Waals surface area contributed by atoms with Crippen molar-refractivity contribution in [3.05, 3.63) is 54.1 Å². The third-order valence-corrected chi connectivity index (χ3v) is 8.42. The Morgan fingerprint density at radius 3 is 2.44 bits per heavy atom. The largest absolute Gasteiger partial charge is 0.507 e. The molecule has 3 rings (SSSR count). The molecule has 1 N–H and O–H groups in total. The zero-order chi connectivity index (χ0) is 19.6. The summed E-state index contributed by atoms with van der Waals surface area (Å²) in [5.74, 6) is 1.48. The van der Waals surface area contributed by atoms with Crippen LogP contribution >= 0.6 is 7.37 Å². The zero-order valence-electron chi connectivity index (χ0n) is 16.8. The maximum absolute atomic E-state index is 14.4. The number of aromatic hydroxyl groups is 1. The van der Waals surface area contributed by atoms with Crippen molar-refractivity contribution in [1.82, 2.24) is 0 Å². The van der Waals surface area contributed by atoms with Crippen LogP contribution in [0.3, 0.4) is 0 Å². The minimum atomic E-state index is -3.41. The first kappa shape index (κ1) is 20.2. The lowest BCUT2D eigenvalue weighted by atomic mass is 9.75. The number of para-hydroxylation sites is 1. The Bertz CT molecular complexity index is 816. The van der Waals surface area contributed by atoms with Crippen molar-refractivity contribution in [2.24, 2.45) is 17.8 Å². The molecule has 1 unspecified atom stereocenters. The highest BCUT2D eigenvalue weighted by Crippen LogP contribution is 2.52. The van der Waals surface area contributed by atoms with E-state index in [0.29, 0.717) is 33.9 Å². The first-order valence-corrected chi connectivity index (χ1v) is 11.6. The number of rotatable bonds is 5. The van der Waals surface area contributed by atoms with Gasteiger partial charge in [0.15, 0.2) is 0 Å². The predicted molar refractivity (Wildman–Crippen MR) is 112 cm³/mol. The minimum absolute atomic E-state index is 0.0697. The molecule has 0 heterocycles. The Kier molecular flexibility index (Phi) is 6.13. The summed E-state index contributed by atoms with van der Waals surface area (Å²) < 4.78 is 20.9. The van der Waals surface area contributed by atoms with Gasteiger partial charge in [0.25, 0.3) is 7.37 Å². The van der Waals surface area contributed by atoms with Crippen LogP contribution in [0.4, 0.5) is 0 Å². The van der Waals surface area contributed by atoms with Gasteiger partial charge in [-0.1, -0.05) is 57.5 Å². The van der Waals surface area contributed by atoms with Gasteiger partial charge in [-0.2, -0.15) is 0 Å². The molecule has 2 aromatic rings. The Labute approximate surface area is 163 Å². The van der Waals surface area contributed by atoms with Crippen LogP contribution in [0.25, 0.3) is 0 Å². The summed E-state index contributed by atoms with van der Waals surface area (Å²) in [6.45, 7) is 8.50. The molecule has 0 saturated heterocycles. The molecule has 2 aromatic carbocycles. The molecule has 27 heavy (non-hydrogen) atoms. The summed E-state index contributed by atoms with van der Waals surface area (Å²) in [5.41, 5.74) is 0.713. The lowest BCUT2D eigenvalue weighted by Crippen LogP contribution is -2.36. The van der Waals surface area contributed by atoms with Crippen molar-refractivity contribution in [3.8, 4) is 5.75 Å². The van der Waals surface area contributed by atoms with Crippen LogP contribution in [0.1, 0.15) is 45.6 Å². The SMILES string of the molecule is Cc1cccc(P(=O)(O[C@@H]2C[C@H](C)CC[C@H]2C(C)C)c2ccccc2)c1O. The molecule has 0 amide bonds. The average molecular weight is 386 g/mol. The number of hydrogen-bond donors (Lipinski definition) is 1. The van der Waals surface area contributed by atoms with E-state index in [4.69, 9.17) is 4.52 Å². The molecule has 146 valence electrons. The first-order valence-electron chi connectivity index (χ1n) is 9.96. The van der Waals surface area contributed by atoms with Crippen LogP contribution in [0.5, 0.6) is 5.75 Å². The van der Waals surface area contributed by atoms with Crippen molar-refractivity contribution in [2.45, 2.75) is 53.1 Å². The van der Waals surface area contributed by atoms with Crippen LogP contribution in [0.15, 0.2) is 48.5 Å². The standard InChI is InChI=1S/C23H31O3P/c1-16(2)20-14-13-17(3)15-21(20)26-27(25,19-10-6-5-7-11-19)22-12-8-9-18(4)23(22)24/h5-12,16-17,20-21,24H,13-15H2,1-4H3/t17-,20+,21-,27?/m1/s1. The molecule has 0 aromatic heterocycles. The monoisotopic (exact) mass is 386 g/mol. The zero-order valence-corrected chi connectivity index (χ0v) is 17.7. The van der Waals surface area contributed by atoms with Gasteiger partial charge in [-0.3, -0.25) is 4.57 Å². The normalized spacial score (nSPS) is 25.3. The quantitative estimate of drug-likeness (QED) is 0.699. The lowest BCUT2D eigenvalue weighted by molar-refractivity contribution is 0.0514. The van der Waals surface area contributed by atoms with Gasteiger partial charge in [-0.25, -0.2) is 0 Å². The van der Waals surface area contributed by atoms with Gasteiger partial charge in [-0.15, -0.1) is 0 Å². The maximum atomic E-state index is 14.4. The van der Waals surface area contributed by atoms with E-state index < -0.39 is 7.37 Å². The lowest BCUT2D eigenvalue weighted by Gasteiger charge is -2.39. The fourth-order valence-electron chi connectivity index (χ4n) is 4.19. The molecular weight excluding hydrogens is 355 g/mol. The number of phenolic OH excluding ortho intramolecular Hbond substituents is 1. The van der Waals surface area contributed by atoms with Gasteiger partial charge in [0.1, 0.15) is 5.75 Å². The highest BCUT2D eigenvalue weighted by molar-refractivity contribution is 7.74. The molecular formula is C23H31O3P. The highest BCUT2D eigenvalue weighted by Gasteiger charge is 2.40. The Morgan fingerprint density at radius 2 is 1.78 bits per heavy atom. The van der Waals surface area contributed by atoms with Gasteiger partial charge >= 0.3 is 0 Å². The first-order chi connectivity index (χ1) is 12.8. The van der Waals surface area contributed by atoms with Crippen molar-refractivity contribution in [3.63, 3.8) is 0 Å². The molecule has 0 aliphatic heterocycles. The summed E-state index contributed by atoms with van der Waals surface area (Å²) >= 11 is 0. The second kappa shape index (κ2) is 8.20. The second-order valence-corrected chi connectivity index (χ2v) is 10.6. The summed E-state index contributed by atoms with van der Waals surface area (Å²) in [6, 6.07) is 14.8. The number of aryl methyl sites for hydroxylation is 1. The molecule has 0 spiro atoms. The molecule has 0 bridgehead atoms. The van der Waals surface area contributed by atoms with Crippen LogP contribution in [-0.4, -0.2) is 11.2 Å². The molecule has 3 nitrogen and oxygen atoms in total. The highest BCUT2D eigenvalue weighted by atomic mass is 31.2. The van der Waals surface area contributed by atoms with Gasteiger partial charge in [0, 0.05) is 5.30 Å². The Morgan fingerprint density at radius 1 is 1.07 bits per heavy atom. The summed E-state index contributed by atoms with van der Waals surface area (Å²) in [5, 5.41) is 11.8. The molecule has 1 aliphatic carbocycles. The van der Waals surface area contributed by atoms with E-state index >= 15 is 0 Å². The summed E-state index contributed by atoms with van der Waals surface area (Å²) in [7, 11) is -3.41. The van der Waals surface area contributed by atoms with E-state index in [9.17, 15) is 9.67 Å².